The Kier molecular flexibility index (Phi) is 3.18. The van der Waals surface area contributed by atoms with Crippen LogP contribution in [0.3, 0.4) is 0 Å². The highest BCUT2D eigenvalue weighted by Gasteiger charge is 2.15. The number of hydrogen-bond donors (Lipinski definition) is 1. The molecule has 0 saturated carbocycles. The van der Waals surface area contributed by atoms with Crippen molar-refractivity contribution in [1.29, 1.82) is 0 Å². The lowest BCUT2D eigenvalue weighted by Gasteiger charge is -2.22. The molecule has 2 aromatic rings. The Bertz CT molecular complexity index is 471. The monoisotopic (exact) mass is 257 g/mol. The molecule has 15 heavy (non-hydrogen) atoms. The molecule has 80 valence electrons. The molecular weight excluding hydrogens is 246 g/mol. The molecule has 2 rings (SSSR count). The van der Waals surface area contributed by atoms with E-state index >= 15 is 0 Å². The summed E-state index contributed by atoms with van der Waals surface area (Å²) in [5.41, 5.74) is 0. The summed E-state index contributed by atoms with van der Waals surface area (Å²) in [6.45, 7) is 2.16. The van der Waals surface area contributed by atoms with E-state index in [0.29, 0.717) is 6.04 Å². The van der Waals surface area contributed by atoms with E-state index < -0.39 is 0 Å². The largest absolute Gasteiger partial charge is 0.342 e. The Hall–Kier alpha value is -0.720. The number of H-pyrrole nitrogens is 1. The Balaban J connectivity index is 2.21. The van der Waals surface area contributed by atoms with E-state index in [4.69, 9.17) is 12.2 Å². The van der Waals surface area contributed by atoms with Crippen LogP contribution in [0, 0.1) is 3.95 Å². The smallest absolute Gasteiger partial charge is 0.207 e. The molecule has 0 aromatic carbocycles. The Morgan fingerprint density at radius 3 is 2.93 bits per heavy atom. The molecule has 0 fully saturated rings. The summed E-state index contributed by atoms with van der Waals surface area (Å²) >= 11 is 8.28. The van der Waals surface area contributed by atoms with Crippen LogP contribution in [-0.4, -0.2) is 17.2 Å². The summed E-state index contributed by atoms with van der Waals surface area (Å²) in [7, 11) is 2.03. The van der Waals surface area contributed by atoms with Crippen LogP contribution in [0.1, 0.15) is 17.8 Å². The SMILES string of the molecule is CC(c1cccs1)N(C)c1n[nH]c(=S)s1. The van der Waals surface area contributed by atoms with Crippen molar-refractivity contribution < 1.29 is 0 Å². The van der Waals surface area contributed by atoms with Crippen molar-refractivity contribution in [3.05, 3.63) is 26.3 Å². The molecule has 0 radical (unpaired) electrons. The number of aromatic nitrogens is 2. The van der Waals surface area contributed by atoms with Crippen LogP contribution in [0.15, 0.2) is 17.5 Å². The van der Waals surface area contributed by atoms with Gasteiger partial charge in [0.25, 0.3) is 0 Å². The van der Waals surface area contributed by atoms with E-state index in [0.717, 1.165) is 9.09 Å². The molecule has 0 bridgehead atoms. The number of thiophene rings is 1. The summed E-state index contributed by atoms with van der Waals surface area (Å²) in [5.74, 6) is 0. The molecule has 0 aliphatic carbocycles. The zero-order valence-corrected chi connectivity index (χ0v) is 10.9. The fourth-order valence-corrected chi connectivity index (χ4v) is 3.00. The lowest BCUT2D eigenvalue weighted by molar-refractivity contribution is 0.744. The zero-order valence-electron chi connectivity index (χ0n) is 8.43. The van der Waals surface area contributed by atoms with Crippen molar-refractivity contribution in [2.24, 2.45) is 0 Å². The number of nitrogens with one attached hydrogen (secondary N) is 1. The summed E-state index contributed by atoms with van der Waals surface area (Å²) in [6.07, 6.45) is 0. The summed E-state index contributed by atoms with van der Waals surface area (Å²) < 4.78 is 0.718. The van der Waals surface area contributed by atoms with Gasteiger partial charge < -0.3 is 4.90 Å². The Morgan fingerprint density at radius 2 is 2.40 bits per heavy atom. The normalized spacial score (nSPS) is 12.7. The summed E-state index contributed by atoms with van der Waals surface area (Å²) in [4.78, 5) is 3.46. The highest BCUT2D eigenvalue weighted by molar-refractivity contribution is 7.73. The van der Waals surface area contributed by atoms with Gasteiger partial charge in [0.1, 0.15) is 0 Å². The molecule has 6 heteroatoms. The maximum atomic E-state index is 5.02. The second-order valence-corrected chi connectivity index (χ2v) is 5.82. The van der Waals surface area contributed by atoms with Gasteiger partial charge in [-0.25, -0.2) is 0 Å². The summed E-state index contributed by atoms with van der Waals surface area (Å²) in [6, 6.07) is 4.54. The van der Waals surface area contributed by atoms with Crippen LogP contribution in [0.5, 0.6) is 0 Å². The van der Waals surface area contributed by atoms with Crippen LogP contribution in [0.4, 0.5) is 5.13 Å². The molecule has 0 aliphatic heterocycles. The van der Waals surface area contributed by atoms with E-state index in [1.807, 2.05) is 7.05 Å². The zero-order chi connectivity index (χ0) is 10.8. The molecule has 2 aromatic heterocycles. The highest BCUT2D eigenvalue weighted by atomic mass is 32.1. The maximum Gasteiger partial charge on any atom is 0.207 e. The minimum absolute atomic E-state index is 0.332. The van der Waals surface area contributed by atoms with E-state index in [1.54, 1.807) is 11.3 Å². The van der Waals surface area contributed by atoms with Crippen LogP contribution in [-0.2, 0) is 0 Å². The van der Waals surface area contributed by atoms with Crippen molar-refractivity contribution in [2.75, 3.05) is 11.9 Å². The van der Waals surface area contributed by atoms with Gasteiger partial charge in [-0.1, -0.05) is 17.4 Å². The van der Waals surface area contributed by atoms with Gasteiger partial charge in [-0.3, -0.25) is 5.10 Å². The number of nitrogens with zero attached hydrogens (tertiary/aromatic N) is 2. The Morgan fingerprint density at radius 1 is 1.60 bits per heavy atom. The molecule has 2 heterocycles. The van der Waals surface area contributed by atoms with Gasteiger partial charge in [0.2, 0.25) is 5.13 Å². The van der Waals surface area contributed by atoms with Crippen molar-refractivity contribution in [2.45, 2.75) is 13.0 Å². The van der Waals surface area contributed by atoms with Gasteiger partial charge in [0, 0.05) is 11.9 Å². The first kappa shape index (κ1) is 10.8. The van der Waals surface area contributed by atoms with E-state index in [-0.39, 0.29) is 0 Å². The molecule has 1 atom stereocenters. The van der Waals surface area contributed by atoms with Crippen LogP contribution in [0.2, 0.25) is 0 Å². The first-order valence-corrected chi connectivity index (χ1v) is 6.60. The summed E-state index contributed by atoms with van der Waals surface area (Å²) in [5, 5.41) is 9.98. The van der Waals surface area contributed by atoms with Crippen molar-refractivity contribution in [1.82, 2.24) is 10.2 Å². The van der Waals surface area contributed by atoms with Crippen molar-refractivity contribution >= 4 is 40.0 Å². The van der Waals surface area contributed by atoms with Gasteiger partial charge >= 0.3 is 0 Å². The van der Waals surface area contributed by atoms with Gasteiger partial charge in [0.15, 0.2) is 3.95 Å². The van der Waals surface area contributed by atoms with Gasteiger partial charge in [-0.15, -0.1) is 16.4 Å². The third-order valence-electron chi connectivity index (χ3n) is 2.26. The molecule has 0 amide bonds. The first-order valence-electron chi connectivity index (χ1n) is 4.50. The molecule has 0 spiro atoms. The number of anilines is 1. The predicted octanol–water partition coefficient (Wildman–Crippen LogP) is 3.46. The number of aromatic amines is 1. The van der Waals surface area contributed by atoms with Crippen LogP contribution < -0.4 is 4.90 Å². The maximum absolute atomic E-state index is 5.02. The van der Waals surface area contributed by atoms with Gasteiger partial charge in [-0.05, 0) is 30.6 Å². The van der Waals surface area contributed by atoms with E-state index in [2.05, 4.69) is 39.5 Å². The fourth-order valence-electron chi connectivity index (χ4n) is 1.26. The second-order valence-electron chi connectivity index (χ2n) is 3.20. The minimum Gasteiger partial charge on any atom is -0.342 e. The average Bonchev–Trinajstić information content (AvgIpc) is 2.85. The predicted molar refractivity (Wildman–Crippen MR) is 68.4 cm³/mol. The van der Waals surface area contributed by atoms with E-state index in [1.165, 1.54) is 16.2 Å². The molecule has 3 nitrogen and oxygen atoms in total. The van der Waals surface area contributed by atoms with Crippen LogP contribution in [0.25, 0.3) is 0 Å². The van der Waals surface area contributed by atoms with Crippen molar-refractivity contribution in [3.8, 4) is 0 Å². The lowest BCUT2D eigenvalue weighted by Crippen LogP contribution is -2.20. The molecule has 1 unspecified atom stereocenters. The standard InChI is InChI=1S/C9H11N3S3/c1-6(7-4-3-5-14-7)12(2)8-10-11-9(13)15-8/h3-6H,1-2H3,(H,11,13). The van der Waals surface area contributed by atoms with Gasteiger partial charge in [0.05, 0.1) is 6.04 Å². The highest BCUT2D eigenvalue weighted by Crippen LogP contribution is 2.28. The first-order chi connectivity index (χ1) is 7.18. The van der Waals surface area contributed by atoms with Crippen LogP contribution >= 0.6 is 34.9 Å². The minimum atomic E-state index is 0.332. The second kappa shape index (κ2) is 4.42. The fraction of sp³-hybridized carbons (Fsp3) is 0.333. The quantitative estimate of drug-likeness (QED) is 0.855. The third kappa shape index (κ3) is 2.27. The van der Waals surface area contributed by atoms with Gasteiger partial charge in [-0.2, -0.15) is 0 Å². The topological polar surface area (TPSA) is 31.9 Å². The van der Waals surface area contributed by atoms with Crippen molar-refractivity contribution in [3.63, 3.8) is 0 Å². The third-order valence-corrected chi connectivity index (χ3v) is 4.49. The molecule has 0 saturated heterocycles. The Labute approximate surface area is 101 Å². The lowest BCUT2D eigenvalue weighted by atomic mass is 10.2. The van der Waals surface area contributed by atoms with E-state index in [9.17, 15) is 0 Å². The average molecular weight is 257 g/mol. The number of rotatable bonds is 3. The molecule has 1 N–H and O–H groups in total. The molecule has 0 aliphatic rings. The molecular formula is C9H11N3S3. The number of hydrogen-bond acceptors (Lipinski definition) is 5.